The van der Waals surface area contributed by atoms with Crippen molar-refractivity contribution in [3.63, 3.8) is 0 Å². The fourth-order valence-electron chi connectivity index (χ4n) is 1.63. The molecule has 3 N–H and O–H groups in total. The average Bonchev–Trinajstić information content (AvgIpc) is 2.30. The summed E-state index contributed by atoms with van der Waals surface area (Å²) in [6.45, 7) is 1.88. The molecule has 1 atom stereocenters. The van der Waals surface area contributed by atoms with E-state index >= 15 is 0 Å². The minimum Gasteiger partial charge on any atom is -0.328 e. The third kappa shape index (κ3) is 5.48. The molecule has 0 fully saturated rings. The van der Waals surface area contributed by atoms with Crippen molar-refractivity contribution in [2.24, 2.45) is 5.73 Å². The van der Waals surface area contributed by atoms with Gasteiger partial charge in [-0.05, 0) is 38.0 Å². The lowest BCUT2D eigenvalue weighted by Crippen LogP contribution is -2.17. The highest BCUT2D eigenvalue weighted by molar-refractivity contribution is 7.90. The lowest BCUT2D eigenvalue weighted by Gasteiger charge is -2.09. The summed E-state index contributed by atoms with van der Waals surface area (Å²) in [6, 6.07) is 4.28. The van der Waals surface area contributed by atoms with Gasteiger partial charge in [-0.25, -0.2) is 8.42 Å². The summed E-state index contributed by atoms with van der Waals surface area (Å²) in [6.07, 6.45) is 2.85. The Kier molecular flexibility index (Phi) is 5.98. The monoisotopic (exact) mass is 318 g/mol. The van der Waals surface area contributed by atoms with E-state index in [9.17, 15) is 13.2 Å². The van der Waals surface area contributed by atoms with Crippen LogP contribution in [0.2, 0.25) is 5.02 Å². The van der Waals surface area contributed by atoms with Crippen molar-refractivity contribution < 1.29 is 13.2 Å². The lowest BCUT2D eigenvalue weighted by molar-refractivity contribution is -0.116. The second-order valence-electron chi connectivity index (χ2n) is 4.83. The summed E-state index contributed by atoms with van der Waals surface area (Å²) in [5, 5.41) is 2.92. The minimum atomic E-state index is -3.33. The Labute approximate surface area is 124 Å². The van der Waals surface area contributed by atoms with Crippen LogP contribution in [-0.4, -0.2) is 26.6 Å². The summed E-state index contributed by atoms with van der Waals surface area (Å²) in [5.41, 5.74) is 5.91. The first-order valence-corrected chi connectivity index (χ1v) is 8.52. The van der Waals surface area contributed by atoms with Crippen LogP contribution >= 0.6 is 11.6 Å². The molecule has 1 unspecified atom stereocenters. The van der Waals surface area contributed by atoms with Gasteiger partial charge in [0.25, 0.3) is 0 Å². The number of carbonyl (C=O) groups is 1. The van der Waals surface area contributed by atoms with Crippen molar-refractivity contribution in [2.75, 3.05) is 11.6 Å². The molecule has 0 heterocycles. The van der Waals surface area contributed by atoms with Crippen LogP contribution in [-0.2, 0) is 14.6 Å². The summed E-state index contributed by atoms with van der Waals surface area (Å²) in [5.74, 6) is -0.210. The van der Waals surface area contributed by atoms with E-state index in [-0.39, 0.29) is 16.8 Å². The molecule has 7 heteroatoms. The number of hydrogen-bond acceptors (Lipinski definition) is 4. The van der Waals surface area contributed by atoms with E-state index in [1.54, 1.807) is 0 Å². The molecule has 5 nitrogen and oxygen atoms in total. The van der Waals surface area contributed by atoms with Gasteiger partial charge in [0.05, 0.1) is 15.6 Å². The molecule has 0 saturated carbocycles. The molecule has 1 rings (SSSR count). The summed E-state index contributed by atoms with van der Waals surface area (Å²) in [7, 11) is -3.33. The molecule has 0 radical (unpaired) electrons. The van der Waals surface area contributed by atoms with Gasteiger partial charge in [-0.15, -0.1) is 0 Å². The Morgan fingerprint density at radius 2 is 2.10 bits per heavy atom. The molecule has 1 amide bonds. The molecule has 0 spiro atoms. The van der Waals surface area contributed by atoms with Crippen molar-refractivity contribution in [2.45, 2.75) is 37.1 Å². The van der Waals surface area contributed by atoms with Crippen LogP contribution in [0.25, 0.3) is 0 Å². The van der Waals surface area contributed by atoms with E-state index in [1.165, 1.54) is 18.2 Å². The second-order valence-corrected chi connectivity index (χ2v) is 7.25. The van der Waals surface area contributed by atoms with E-state index < -0.39 is 9.84 Å². The fourth-order valence-corrected chi connectivity index (χ4v) is 2.44. The third-order valence-corrected chi connectivity index (χ3v) is 4.14. The number of anilines is 1. The number of benzene rings is 1. The largest absolute Gasteiger partial charge is 0.328 e. The van der Waals surface area contributed by atoms with Crippen molar-refractivity contribution in [3.8, 4) is 0 Å². The van der Waals surface area contributed by atoms with E-state index in [0.29, 0.717) is 23.6 Å². The molecule has 0 aliphatic rings. The fraction of sp³-hybridized carbons (Fsp3) is 0.462. The van der Waals surface area contributed by atoms with Crippen molar-refractivity contribution >= 4 is 33.0 Å². The summed E-state index contributed by atoms with van der Waals surface area (Å²) < 4.78 is 22.9. The lowest BCUT2D eigenvalue weighted by atomic mass is 10.1. The van der Waals surface area contributed by atoms with Crippen LogP contribution < -0.4 is 11.1 Å². The summed E-state index contributed by atoms with van der Waals surface area (Å²) in [4.78, 5) is 11.9. The van der Waals surface area contributed by atoms with E-state index in [0.717, 1.165) is 12.7 Å². The number of rotatable bonds is 6. The van der Waals surface area contributed by atoms with Gasteiger partial charge in [0, 0.05) is 18.7 Å². The molecule has 1 aromatic rings. The van der Waals surface area contributed by atoms with Gasteiger partial charge in [0.1, 0.15) is 0 Å². The van der Waals surface area contributed by atoms with Gasteiger partial charge in [-0.2, -0.15) is 0 Å². The first-order chi connectivity index (χ1) is 9.20. The van der Waals surface area contributed by atoms with Gasteiger partial charge in [-0.1, -0.05) is 11.6 Å². The maximum Gasteiger partial charge on any atom is 0.224 e. The molecular weight excluding hydrogens is 300 g/mol. The normalized spacial score (nSPS) is 13.0. The number of hydrogen-bond donors (Lipinski definition) is 2. The number of nitrogens with one attached hydrogen (secondary N) is 1. The SMILES string of the molecule is CC(N)CCCC(=O)Nc1cc(S(C)(=O)=O)ccc1Cl. The van der Waals surface area contributed by atoms with Gasteiger partial charge < -0.3 is 11.1 Å². The highest BCUT2D eigenvalue weighted by Crippen LogP contribution is 2.25. The Hall–Kier alpha value is -1.11. The van der Waals surface area contributed by atoms with Crippen LogP contribution in [0.1, 0.15) is 26.2 Å². The van der Waals surface area contributed by atoms with Gasteiger partial charge >= 0.3 is 0 Å². The van der Waals surface area contributed by atoms with Crippen LogP contribution in [0.5, 0.6) is 0 Å². The third-order valence-electron chi connectivity index (χ3n) is 2.70. The molecule has 0 bridgehead atoms. The molecule has 1 aromatic carbocycles. The standard InChI is InChI=1S/C13H19ClN2O3S/c1-9(15)4-3-5-13(17)16-12-8-10(20(2,18)19)6-7-11(12)14/h6-9H,3-5,15H2,1-2H3,(H,16,17). The zero-order chi connectivity index (χ0) is 15.3. The highest BCUT2D eigenvalue weighted by atomic mass is 35.5. The smallest absolute Gasteiger partial charge is 0.224 e. The van der Waals surface area contributed by atoms with Crippen molar-refractivity contribution in [1.29, 1.82) is 0 Å². The predicted molar refractivity (Wildman–Crippen MR) is 80.7 cm³/mol. The number of amides is 1. The quantitative estimate of drug-likeness (QED) is 0.841. The van der Waals surface area contributed by atoms with E-state index in [4.69, 9.17) is 17.3 Å². The Morgan fingerprint density at radius 3 is 2.65 bits per heavy atom. The van der Waals surface area contributed by atoms with Crippen molar-refractivity contribution in [1.82, 2.24) is 0 Å². The number of carbonyl (C=O) groups excluding carboxylic acids is 1. The molecule has 0 aliphatic carbocycles. The number of halogens is 1. The zero-order valence-electron chi connectivity index (χ0n) is 11.5. The first kappa shape index (κ1) is 16.9. The average molecular weight is 319 g/mol. The topological polar surface area (TPSA) is 89.3 Å². The molecule has 20 heavy (non-hydrogen) atoms. The molecule has 0 aliphatic heterocycles. The van der Waals surface area contributed by atoms with Crippen molar-refractivity contribution in [3.05, 3.63) is 23.2 Å². The summed E-state index contributed by atoms with van der Waals surface area (Å²) >= 11 is 5.95. The Morgan fingerprint density at radius 1 is 1.45 bits per heavy atom. The molecule has 0 saturated heterocycles. The zero-order valence-corrected chi connectivity index (χ0v) is 13.1. The molecule has 0 aromatic heterocycles. The molecule has 112 valence electrons. The first-order valence-electron chi connectivity index (χ1n) is 6.25. The minimum absolute atomic E-state index is 0.0555. The predicted octanol–water partition coefficient (Wildman–Crippen LogP) is 2.20. The van der Waals surface area contributed by atoms with Crippen LogP contribution in [0.15, 0.2) is 23.1 Å². The number of sulfone groups is 1. The van der Waals surface area contributed by atoms with Gasteiger partial charge in [0.2, 0.25) is 5.91 Å². The van der Waals surface area contributed by atoms with Gasteiger partial charge in [-0.3, -0.25) is 4.79 Å². The molecular formula is C13H19ClN2O3S. The maximum atomic E-state index is 11.7. The van der Waals surface area contributed by atoms with Gasteiger partial charge in [0.15, 0.2) is 9.84 Å². The number of nitrogens with two attached hydrogens (primary N) is 1. The highest BCUT2D eigenvalue weighted by Gasteiger charge is 2.12. The Balaban J connectivity index is 2.74. The van der Waals surface area contributed by atoms with E-state index in [2.05, 4.69) is 5.32 Å². The second kappa shape index (κ2) is 7.06. The van der Waals surface area contributed by atoms with Crippen LogP contribution in [0, 0.1) is 0 Å². The maximum absolute atomic E-state index is 11.7. The Bertz CT molecular complexity index is 585. The van der Waals surface area contributed by atoms with Crippen LogP contribution in [0.4, 0.5) is 5.69 Å². The van der Waals surface area contributed by atoms with Crippen LogP contribution in [0.3, 0.4) is 0 Å². The van der Waals surface area contributed by atoms with E-state index in [1.807, 2.05) is 6.92 Å².